The van der Waals surface area contributed by atoms with Crippen molar-refractivity contribution in [3.05, 3.63) is 18.0 Å². The minimum Gasteiger partial charge on any atom is -0.383 e. The highest BCUT2D eigenvalue weighted by molar-refractivity contribution is 5.79. The Hall–Kier alpha value is -1.64. The third kappa shape index (κ3) is 6.26. The van der Waals surface area contributed by atoms with E-state index < -0.39 is 5.60 Å². The van der Waals surface area contributed by atoms with Gasteiger partial charge in [-0.3, -0.25) is 9.58 Å². The Morgan fingerprint density at radius 2 is 1.92 bits per heavy atom. The summed E-state index contributed by atoms with van der Waals surface area (Å²) in [6.45, 7) is 14.6. The average Bonchev–Trinajstić information content (AvgIpc) is 3.08. The maximum absolute atomic E-state index is 10.7. The Labute approximate surface area is 157 Å². The number of aromatic nitrogens is 2. The molecule has 1 fully saturated rings. The number of aliphatic hydroxyl groups is 1. The molecule has 1 aliphatic rings. The van der Waals surface area contributed by atoms with Crippen molar-refractivity contribution in [3.8, 4) is 0 Å². The fourth-order valence-electron chi connectivity index (χ4n) is 3.03. The van der Waals surface area contributed by atoms with Crippen LogP contribution in [0.1, 0.15) is 26.3 Å². The average molecular weight is 366 g/mol. The molecule has 2 heterocycles. The Morgan fingerprint density at radius 1 is 1.23 bits per heavy atom. The summed E-state index contributed by atoms with van der Waals surface area (Å²) >= 11 is 0. The fraction of sp³-hybridized carbons (Fsp3) is 0.778. The lowest BCUT2D eigenvalue weighted by Gasteiger charge is -2.34. The standard InChI is InChI=1S/C18H35N7O/c1-5-19-17(20-7-8-25-11-9-24(6-2)10-12-25)21-15-18(3,26)16-13-22-23(4)14-16/h13-14,26H,5-12,15H2,1-4H3,(H2,19,20,21). The van der Waals surface area contributed by atoms with Gasteiger partial charge >= 0.3 is 0 Å². The van der Waals surface area contributed by atoms with Crippen LogP contribution in [0.25, 0.3) is 0 Å². The van der Waals surface area contributed by atoms with E-state index in [9.17, 15) is 5.11 Å². The molecule has 0 radical (unpaired) electrons. The highest BCUT2D eigenvalue weighted by atomic mass is 16.3. The molecule has 148 valence electrons. The van der Waals surface area contributed by atoms with Gasteiger partial charge in [-0.2, -0.15) is 5.10 Å². The molecule has 26 heavy (non-hydrogen) atoms. The van der Waals surface area contributed by atoms with E-state index in [1.807, 2.05) is 20.2 Å². The van der Waals surface area contributed by atoms with Crippen molar-refractivity contribution in [1.82, 2.24) is 30.2 Å². The predicted molar refractivity (Wildman–Crippen MR) is 105 cm³/mol. The van der Waals surface area contributed by atoms with Gasteiger partial charge in [0.1, 0.15) is 5.60 Å². The summed E-state index contributed by atoms with van der Waals surface area (Å²) in [7, 11) is 1.84. The highest BCUT2D eigenvalue weighted by Crippen LogP contribution is 2.19. The van der Waals surface area contributed by atoms with Crippen molar-refractivity contribution in [3.63, 3.8) is 0 Å². The molecule has 2 rings (SSSR count). The quantitative estimate of drug-likeness (QED) is 0.438. The van der Waals surface area contributed by atoms with Crippen LogP contribution in [0.15, 0.2) is 17.4 Å². The molecule has 0 aromatic carbocycles. The molecule has 8 heteroatoms. The number of nitrogens with one attached hydrogen (secondary N) is 2. The van der Waals surface area contributed by atoms with E-state index in [0.717, 1.165) is 63.9 Å². The summed E-state index contributed by atoms with van der Waals surface area (Å²) in [5.74, 6) is 0.740. The van der Waals surface area contributed by atoms with Crippen molar-refractivity contribution in [2.24, 2.45) is 12.0 Å². The van der Waals surface area contributed by atoms with Crippen LogP contribution in [0.4, 0.5) is 0 Å². The molecule has 1 aromatic rings. The maximum atomic E-state index is 10.7. The summed E-state index contributed by atoms with van der Waals surface area (Å²) in [6, 6.07) is 0. The minimum absolute atomic E-state index is 0.281. The van der Waals surface area contributed by atoms with Gasteiger partial charge in [0.2, 0.25) is 0 Å². The second-order valence-electron chi connectivity index (χ2n) is 7.07. The molecule has 1 aromatic heterocycles. The van der Waals surface area contributed by atoms with E-state index in [0.29, 0.717) is 0 Å². The number of aryl methyl sites for hydroxylation is 1. The minimum atomic E-state index is -1.03. The van der Waals surface area contributed by atoms with Crippen LogP contribution >= 0.6 is 0 Å². The van der Waals surface area contributed by atoms with Gasteiger partial charge in [0.25, 0.3) is 0 Å². The Bertz CT molecular complexity index is 562. The van der Waals surface area contributed by atoms with E-state index >= 15 is 0 Å². The number of guanidine groups is 1. The first-order chi connectivity index (χ1) is 12.4. The van der Waals surface area contributed by atoms with E-state index in [-0.39, 0.29) is 6.54 Å². The van der Waals surface area contributed by atoms with Crippen LogP contribution in [-0.4, -0.2) is 89.5 Å². The fourth-order valence-corrected chi connectivity index (χ4v) is 3.03. The molecule has 1 aliphatic heterocycles. The van der Waals surface area contributed by atoms with Crippen molar-refractivity contribution < 1.29 is 5.11 Å². The Balaban J connectivity index is 1.81. The zero-order valence-corrected chi connectivity index (χ0v) is 16.7. The lowest BCUT2D eigenvalue weighted by molar-refractivity contribution is 0.0671. The van der Waals surface area contributed by atoms with Crippen LogP contribution in [0.2, 0.25) is 0 Å². The third-order valence-electron chi connectivity index (χ3n) is 4.85. The van der Waals surface area contributed by atoms with E-state index in [1.54, 1.807) is 17.8 Å². The maximum Gasteiger partial charge on any atom is 0.191 e. The second kappa shape index (κ2) is 9.89. The molecule has 0 spiro atoms. The molecule has 0 amide bonds. The Morgan fingerprint density at radius 3 is 2.50 bits per heavy atom. The van der Waals surface area contributed by atoms with Gasteiger partial charge in [0.15, 0.2) is 5.96 Å². The molecule has 3 N–H and O–H groups in total. The van der Waals surface area contributed by atoms with Crippen molar-refractivity contribution >= 4 is 5.96 Å². The summed E-state index contributed by atoms with van der Waals surface area (Å²) < 4.78 is 1.69. The second-order valence-corrected chi connectivity index (χ2v) is 7.07. The van der Waals surface area contributed by atoms with Gasteiger partial charge in [-0.1, -0.05) is 6.92 Å². The number of nitrogens with zero attached hydrogens (tertiary/aromatic N) is 5. The zero-order valence-electron chi connectivity index (χ0n) is 16.7. The molecular formula is C18H35N7O. The number of aliphatic imine (C=N–C) groups is 1. The summed E-state index contributed by atoms with van der Waals surface area (Å²) in [6.07, 6.45) is 3.51. The summed E-state index contributed by atoms with van der Waals surface area (Å²) in [5, 5.41) is 21.4. The summed E-state index contributed by atoms with van der Waals surface area (Å²) in [5.41, 5.74) is -0.263. The molecule has 1 saturated heterocycles. The molecule has 1 unspecified atom stereocenters. The molecule has 0 aliphatic carbocycles. The largest absolute Gasteiger partial charge is 0.383 e. The first-order valence-corrected chi connectivity index (χ1v) is 9.63. The van der Waals surface area contributed by atoms with Crippen LogP contribution in [0, 0.1) is 0 Å². The van der Waals surface area contributed by atoms with E-state index in [1.165, 1.54) is 0 Å². The molecular weight excluding hydrogens is 330 g/mol. The van der Waals surface area contributed by atoms with Gasteiger partial charge in [-0.25, -0.2) is 4.99 Å². The van der Waals surface area contributed by atoms with Crippen LogP contribution in [-0.2, 0) is 12.6 Å². The number of hydrogen-bond donors (Lipinski definition) is 3. The van der Waals surface area contributed by atoms with Gasteiger partial charge in [0.05, 0.1) is 12.7 Å². The number of rotatable bonds is 8. The van der Waals surface area contributed by atoms with Gasteiger partial charge in [-0.15, -0.1) is 0 Å². The van der Waals surface area contributed by atoms with E-state index in [4.69, 9.17) is 0 Å². The number of hydrogen-bond acceptors (Lipinski definition) is 5. The van der Waals surface area contributed by atoms with Crippen molar-refractivity contribution in [2.75, 3.05) is 58.9 Å². The molecule has 0 saturated carbocycles. The van der Waals surface area contributed by atoms with Crippen LogP contribution < -0.4 is 10.6 Å². The van der Waals surface area contributed by atoms with E-state index in [2.05, 4.69) is 37.4 Å². The van der Waals surface area contributed by atoms with Gasteiger partial charge in [-0.05, 0) is 20.4 Å². The topological polar surface area (TPSA) is 80.9 Å². The monoisotopic (exact) mass is 365 g/mol. The highest BCUT2D eigenvalue weighted by Gasteiger charge is 2.24. The SMILES string of the molecule is CCNC(=NCC(C)(O)c1cnn(C)c1)NCCN1CCN(CC)CC1. The first-order valence-electron chi connectivity index (χ1n) is 9.63. The zero-order chi connectivity index (χ0) is 19.0. The molecule has 1 atom stereocenters. The predicted octanol–water partition coefficient (Wildman–Crippen LogP) is -0.180. The normalized spacial score (nSPS) is 19.3. The van der Waals surface area contributed by atoms with Crippen LogP contribution in [0.5, 0.6) is 0 Å². The Kier molecular flexibility index (Phi) is 7.86. The lowest BCUT2D eigenvalue weighted by Crippen LogP contribution is -2.49. The van der Waals surface area contributed by atoms with Gasteiger partial charge in [0, 0.05) is 64.6 Å². The van der Waals surface area contributed by atoms with Crippen LogP contribution in [0.3, 0.4) is 0 Å². The smallest absolute Gasteiger partial charge is 0.191 e. The van der Waals surface area contributed by atoms with Gasteiger partial charge < -0.3 is 20.6 Å². The molecule has 0 bridgehead atoms. The number of piperazine rings is 1. The van der Waals surface area contributed by atoms with Crippen molar-refractivity contribution in [2.45, 2.75) is 26.4 Å². The lowest BCUT2D eigenvalue weighted by atomic mass is 10.0. The first kappa shape index (κ1) is 20.7. The number of likely N-dealkylation sites (N-methyl/N-ethyl adjacent to an activating group) is 1. The summed E-state index contributed by atoms with van der Waals surface area (Å²) in [4.78, 5) is 9.52. The third-order valence-corrected chi connectivity index (χ3v) is 4.85. The molecule has 8 nitrogen and oxygen atoms in total. The van der Waals surface area contributed by atoms with Crippen molar-refractivity contribution in [1.29, 1.82) is 0 Å².